The van der Waals surface area contributed by atoms with Gasteiger partial charge in [-0.2, -0.15) is 5.10 Å². The van der Waals surface area contributed by atoms with Gasteiger partial charge < -0.3 is 19.3 Å². The first kappa shape index (κ1) is 22.7. The van der Waals surface area contributed by atoms with Crippen LogP contribution >= 0.6 is 11.6 Å². The Morgan fingerprint density at radius 3 is 2.88 bits per heavy atom. The molecule has 166 valence electrons. The van der Waals surface area contributed by atoms with Crippen molar-refractivity contribution in [3.63, 3.8) is 0 Å². The minimum absolute atomic E-state index is 0.216. The lowest BCUT2D eigenvalue weighted by atomic mass is 10.1. The van der Waals surface area contributed by atoms with Crippen molar-refractivity contribution in [3.8, 4) is 11.3 Å². The van der Waals surface area contributed by atoms with Crippen molar-refractivity contribution in [1.29, 1.82) is 0 Å². The third-order valence-electron chi connectivity index (χ3n) is 4.28. The van der Waals surface area contributed by atoms with E-state index in [0.717, 1.165) is 10.8 Å². The molecule has 12 heteroatoms. The van der Waals surface area contributed by atoms with Crippen LogP contribution < -0.4 is 5.43 Å². The number of benzene rings is 1. The highest BCUT2D eigenvalue weighted by atomic mass is 35.5. The number of nitrogens with one attached hydrogen (secondary N) is 1. The molecule has 0 bridgehead atoms. The van der Waals surface area contributed by atoms with Gasteiger partial charge in [0.15, 0.2) is 12.4 Å². The van der Waals surface area contributed by atoms with Crippen molar-refractivity contribution in [3.05, 3.63) is 68.8 Å². The molecule has 0 atom stereocenters. The molecular weight excluding hydrogens is 442 g/mol. The van der Waals surface area contributed by atoms with Crippen LogP contribution in [0, 0.1) is 17.0 Å². The molecule has 0 aliphatic heterocycles. The van der Waals surface area contributed by atoms with E-state index in [9.17, 15) is 19.7 Å². The highest BCUT2D eigenvalue weighted by Gasteiger charge is 2.20. The number of hydrogen-bond acceptors (Lipinski definition) is 8. The smallest absolute Gasteiger partial charge is 0.343 e. The lowest BCUT2D eigenvalue weighted by Crippen LogP contribution is -2.24. The molecule has 2 aromatic heterocycles. The second-order valence-electron chi connectivity index (χ2n) is 6.42. The van der Waals surface area contributed by atoms with E-state index >= 15 is 0 Å². The van der Waals surface area contributed by atoms with Crippen LogP contribution in [0.25, 0.3) is 11.3 Å². The third-order valence-corrected chi connectivity index (χ3v) is 4.61. The molecule has 1 N–H and O–H groups in total. The number of nitrogens with zero attached hydrogens (tertiary/aromatic N) is 4. The molecule has 0 radical (unpaired) electrons. The van der Waals surface area contributed by atoms with E-state index in [4.69, 9.17) is 20.8 Å². The van der Waals surface area contributed by atoms with Crippen LogP contribution in [-0.4, -0.2) is 39.2 Å². The Kier molecular flexibility index (Phi) is 7.00. The first-order chi connectivity index (χ1) is 15.3. The molecule has 3 aromatic rings. The second-order valence-corrected chi connectivity index (χ2v) is 6.82. The molecule has 11 nitrogen and oxygen atoms in total. The Hall–Kier alpha value is -3.99. The summed E-state index contributed by atoms with van der Waals surface area (Å²) in [4.78, 5) is 38.3. The van der Waals surface area contributed by atoms with Gasteiger partial charge in [0.25, 0.3) is 5.91 Å². The van der Waals surface area contributed by atoms with Gasteiger partial charge in [0, 0.05) is 12.5 Å². The molecule has 0 aliphatic carbocycles. The standard InChI is InChI=1S/C20H18ClN5O6/c1-3-31-20(28)15-8-13(4-6-16(15)21)17-7-5-14(32-17)9-23-24-18(27)11-25-12(2)22-10-19(25)26(29)30/h4-10H,3,11H2,1-2H3,(H,24,27)/b23-9-. The normalized spacial score (nSPS) is 11.0. The Balaban J connectivity index is 1.66. The van der Waals surface area contributed by atoms with Crippen molar-refractivity contribution in [2.75, 3.05) is 6.61 Å². The molecule has 0 spiro atoms. The number of halogens is 1. The Morgan fingerprint density at radius 1 is 1.38 bits per heavy atom. The van der Waals surface area contributed by atoms with Crippen LogP contribution in [0.4, 0.5) is 5.82 Å². The topological polar surface area (TPSA) is 142 Å². The number of aromatic nitrogens is 2. The second kappa shape index (κ2) is 9.88. The Morgan fingerprint density at radius 2 is 2.16 bits per heavy atom. The minimum Gasteiger partial charge on any atom is -0.462 e. The summed E-state index contributed by atoms with van der Waals surface area (Å²) < 4.78 is 11.8. The quantitative estimate of drug-likeness (QED) is 0.235. The van der Waals surface area contributed by atoms with E-state index in [0.29, 0.717) is 22.9 Å². The summed E-state index contributed by atoms with van der Waals surface area (Å²) in [5.74, 6) is -0.292. The molecule has 2 heterocycles. The molecular formula is C20H18ClN5O6. The molecule has 0 unspecified atom stereocenters. The molecule has 0 fully saturated rings. The van der Waals surface area contributed by atoms with Crippen LogP contribution in [0.2, 0.25) is 5.02 Å². The number of rotatable bonds is 8. The average Bonchev–Trinajstić information content (AvgIpc) is 3.36. The van der Waals surface area contributed by atoms with Gasteiger partial charge in [0.1, 0.15) is 17.7 Å². The van der Waals surface area contributed by atoms with E-state index < -0.39 is 16.8 Å². The zero-order chi connectivity index (χ0) is 23.3. The van der Waals surface area contributed by atoms with Gasteiger partial charge in [-0.05, 0) is 42.2 Å². The van der Waals surface area contributed by atoms with E-state index in [1.807, 2.05) is 0 Å². The number of imidazole rings is 1. The molecule has 0 aliphatic rings. The number of furan rings is 1. The summed E-state index contributed by atoms with van der Waals surface area (Å²) in [6.07, 6.45) is 2.36. The number of aryl methyl sites for hydroxylation is 1. The largest absolute Gasteiger partial charge is 0.462 e. The number of hydrazone groups is 1. The van der Waals surface area contributed by atoms with Gasteiger partial charge in [0.05, 0.1) is 23.4 Å². The number of nitro groups is 1. The number of hydrogen-bond donors (Lipinski definition) is 1. The SMILES string of the molecule is CCOC(=O)c1cc(-c2ccc(/C=N\NC(=O)Cn3c([N+](=O)[O-])cnc3C)o2)ccc1Cl. The van der Waals surface area contributed by atoms with Gasteiger partial charge in [-0.15, -0.1) is 0 Å². The van der Waals surface area contributed by atoms with Gasteiger partial charge in [-0.1, -0.05) is 11.6 Å². The van der Waals surface area contributed by atoms with Gasteiger partial charge in [-0.3, -0.25) is 4.79 Å². The van der Waals surface area contributed by atoms with Gasteiger partial charge >= 0.3 is 11.8 Å². The van der Waals surface area contributed by atoms with E-state index in [2.05, 4.69) is 15.5 Å². The molecule has 3 rings (SSSR count). The maximum Gasteiger partial charge on any atom is 0.343 e. The highest BCUT2D eigenvalue weighted by Crippen LogP contribution is 2.27. The summed E-state index contributed by atoms with van der Waals surface area (Å²) in [6.45, 7) is 3.16. The van der Waals surface area contributed by atoms with Crippen LogP contribution in [0.15, 0.2) is 46.0 Å². The predicted molar refractivity (Wildman–Crippen MR) is 114 cm³/mol. The fourth-order valence-corrected chi connectivity index (χ4v) is 2.96. The number of amides is 1. The fourth-order valence-electron chi connectivity index (χ4n) is 2.77. The first-order valence-electron chi connectivity index (χ1n) is 9.35. The van der Waals surface area contributed by atoms with Crippen molar-refractivity contribution in [2.45, 2.75) is 20.4 Å². The summed E-state index contributed by atoms with van der Waals surface area (Å²) >= 11 is 6.07. The van der Waals surface area contributed by atoms with Crippen molar-refractivity contribution in [1.82, 2.24) is 15.0 Å². The third kappa shape index (κ3) is 5.19. The van der Waals surface area contributed by atoms with E-state index in [1.54, 1.807) is 44.2 Å². The van der Waals surface area contributed by atoms with Crippen LogP contribution in [0.1, 0.15) is 28.9 Å². The summed E-state index contributed by atoms with van der Waals surface area (Å²) in [7, 11) is 0. The van der Waals surface area contributed by atoms with Gasteiger partial charge in [-0.25, -0.2) is 19.8 Å². The number of carbonyl (C=O) groups is 2. The number of esters is 1. The molecule has 0 saturated carbocycles. The minimum atomic E-state index is -0.620. The number of ether oxygens (including phenoxy) is 1. The molecule has 32 heavy (non-hydrogen) atoms. The number of carbonyl (C=O) groups excluding carboxylic acids is 2. The Labute approximate surface area is 186 Å². The Bertz CT molecular complexity index is 1200. The van der Waals surface area contributed by atoms with Crippen LogP contribution in [-0.2, 0) is 16.1 Å². The van der Waals surface area contributed by atoms with Gasteiger partial charge in [0.2, 0.25) is 0 Å². The maximum absolute atomic E-state index is 12.1. The molecule has 0 saturated heterocycles. The van der Waals surface area contributed by atoms with Crippen LogP contribution in [0.5, 0.6) is 0 Å². The lowest BCUT2D eigenvalue weighted by Gasteiger charge is -2.05. The summed E-state index contributed by atoms with van der Waals surface area (Å²) in [6, 6.07) is 8.10. The van der Waals surface area contributed by atoms with E-state index in [1.165, 1.54) is 6.21 Å². The first-order valence-corrected chi connectivity index (χ1v) is 9.73. The monoisotopic (exact) mass is 459 g/mol. The zero-order valence-corrected chi connectivity index (χ0v) is 17.8. The molecule has 1 amide bonds. The van der Waals surface area contributed by atoms with Crippen molar-refractivity contribution >= 4 is 35.5 Å². The fraction of sp³-hybridized carbons (Fsp3) is 0.200. The average molecular weight is 460 g/mol. The lowest BCUT2D eigenvalue weighted by molar-refractivity contribution is -0.392. The zero-order valence-electron chi connectivity index (χ0n) is 17.1. The highest BCUT2D eigenvalue weighted by molar-refractivity contribution is 6.33. The summed E-state index contributed by atoms with van der Waals surface area (Å²) in [5.41, 5.74) is 3.10. The maximum atomic E-state index is 12.1. The van der Waals surface area contributed by atoms with E-state index in [-0.39, 0.29) is 29.6 Å². The predicted octanol–water partition coefficient (Wildman–Crippen LogP) is 3.34. The summed E-state index contributed by atoms with van der Waals surface area (Å²) in [5, 5.41) is 15.0. The van der Waals surface area contributed by atoms with Crippen LogP contribution in [0.3, 0.4) is 0 Å². The van der Waals surface area contributed by atoms with Crippen molar-refractivity contribution < 1.29 is 23.7 Å². The molecule has 1 aromatic carbocycles. The van der Waals surface area contributed by atoms with Crippen molar-refractivity contribution in [2.24, 2.45) is 5.10 Å².